The molecular weight excluding hydrogens is 190 g/mol. The lowest BCUT2D eigenvalue weighted by atomic mass is 10.5. The lowest BCUT2D eigenvalue weighted by Crippen LogP contribution is -1.97. The SMILES string of the molecule is CC#N.COC(=O)OC.FB(F)F. The van der Waals surface area contributed by atoms with Gasteiger partial charge in [0.25, 0.3) is 0 Å². The van der Waals surface area contributed by atoms with E-state index in [0.717, 1.165) is 0 Å². The smallest absolute Gasteiger partial charge is 0.438 e. The van der Waals surface area contributed by atoms with Crippen molar-refractivity contribution < 1.29 is 27.2 Å². The Morgan fingerprint density at radius 2 is 1.46 bits per heavy atom. The average Bonchev–Trinajstić information content (AvgIpc) is 2.03. The fourth-order valence-corrected chi connectivity index (χ4v) is 0.0833. The number of nitrogens with zero attached hydrogens (tertiary/aromatic N) is 1. The summed E-state index contributed by atoms with van der Waals surface area (Å²) in [7, 11) is -1.16. The van der Waals surface area contributed by atoms with Gasteiger partial charge in [-0.05, 0) is 0 Å². The number of hydrogen-bond donors (Lipinski definition) is 0. The molecule has 0 radical (unpaired) electrons. The predicted octanol–water partition coefficient (Wildman–Crippen LogP) is 1.81. The fourth-order valence-electron chi connectivity index (χ4n) is 0.0833. The summed E-state index contributed by atoms with van der Waals surface area (Å²) in [5.41, 5.74) is 0. The molecule has 0 heterocycles. The van der Waals surface area contributed by atoms with E-state index >= 15 is 0 Å². The number of carbonyl (C=O) groups is 1. The van der Waals surface area contributed by atoms with Gasteiger partial charge in [-0.3, -0.25) is 12.9 Å². The minimum atomic E-state index is -3.67. The van der Waals surface area contributed by atoms with E-state index in [-0.39, 0.29) is 0 Å². The molecular formula is C5H9BF3NO3. The zero-order chi connectivity index (χ0) is 11.3. The molecule has 0 bridgehead atoms. The summed E-state index contributed by atoms with van der Waals surface area (Å²) in [6.45, 7) is 1.43. The van der Waals surface area contributed by atoms with Crippen molar-refractivity contribution in [2.75, 3.05) is 14.2 Å². The first kappa shape index (κ1) is 17.6. The van der Waals surface area contributed by atoms with E-state index < -0.39 is 13.7 Å². The number of halogens is 3. The Kier molecular flexibility index (Phi) is 23.0. The van der Waals surface area contributed by atoms with Gasteiger partial charge in [0.1, 0.15) is 0 Å². The van der Waals surface area contributed by atoms with Gasteiger partial charge in [-0.15, -0.1) is 0 Å². The fraction of sp³-hybridized carbons (Fsp3) is 0.600. The van der Waals surface area contributed by atoms with E-state index in [1.165, 1.54) is 21.1 Å². The number of carbonyl (C=O) groups excluding carboxylic acids is 1. The highest BCUT2D eigenvalue weighted by Crippen LogP contribution is 1.80. The van der Waals surface area contributed by atoms with E-state index in [4.69, 9.17) is 5.26 Å². The summed E-state index contributed by atoms with van der Waals surface area (Å²) < 4.78 is 37.1. The molecule has 0 N–H and O–H groups in total. The highest BCUT2D eigenvalue weighted by atomic mass is 19.4. The number of rotatable bonds is 0. The Hall–Kier alpha value is -1.39. The third-order valence-electron chi connectivity index (χ3n) is 0.333. The van der Waals surface area contributed by atoms with Gasteiger partial charge in [0.15, 0.2) is 0 Å². The van der Waals surface area contributed by atoms with Crippen LogP contribution < -0.4 is 0 Å². The quantitative estimate of drug-likeness (QED) is 0.440. The maximum Gasteiger partial charge on any atom is 0.762 e. The van der Waals surface area contributed by atoms with Crippen molar-refractivity contribution in [1.29, 1.82) is 5.26 Å². The monoisotopic (exact) mass is 199 g/mol. The van der Waals surface area contributed by atoms with Crippen molar-refractivity contribution >= 4 is 13.7 Å². The van der Waals surface area contributed by atoms with Crippen LogP contribution in [0.4, 0.5) is 17.7 Å². The lowest BCUT2D eigenvalue weighted by Gasteiger charge is -1.89. The van der Waals surface area contributed by atoms with Crippen LogP contribution in [0.5, 0.6) is 0 Å². The van der Waals surface area contributed by atoms with Crippen LogP contribution >= 0.6 is 0 Å². The number of ether oxygens (including phenoxy) is 2. The molecule has 0 aromatic carbocycles. The van der Waals surface area contributed by atoms with Crippen LogP contribution in [0.2, 0.25) is 0 Å². The van der Waals surface area contributed by atoms with Crippen LogP contribution in [-0.2, 0) is 9.47 Å². The molecule has 13 heavy (non-hydrogen) atoms. The Morgan fingerprint density at radius 1 is 1.31 bits per heavy atom. The molecule has 0 aliphatic carbocycles. The summed E-state index contributed by atoms with van der Waals surface area (Å²) in [4.78, 5) is 9.74. The van der Waals surface area contributed by atoms with Gasteiger partial charge >= 0.3 is 13.7 Å². The standard InChI is InChI=1S/C3H6O3.C2H3N.BF3/c1-5-3(4)6-2;1-2-3;2-1(3)4/h1-2H3;1H3;. The van der Waals surface area contributed by atoms with E-state index in [0.29, 0.717) is 0 Å². The Labute approximate surface area is 74.5 Å². The molecule has 0 fully saturated rings. The van der Waals surface area contributed by atoms with Crippen molar-refractivity contribution in [3.05, 3.63) is 0 Å². The molecule has 4 nitrogen and oxygen atoms in total. The van der Waals surface area contributed by atoms with Crippen LogP contribution in [0.1, 0.15) is 6.92 Å². The van der Waals surface area contributed by atoms with Gasteiger partial charge in [-0.25, -0.2) is 4.79 Å². The van der Waals surface area contributed by atoms with Crippen molar-refractivity contribution in [2.24, 2.45) is 0 Å². The summed E-state index contributed by atoms with van der Waals surface area (Å²) in [5.74, 6) is 0. The highest BCUT2D eigenvalue weighted by Gasteiger charge is 2.06. The molecule has 0 aliphatic heterocycles. The number of hydrogen-bond acceptors (Lipinski definition) is 4. The normalized spacial score (nSPS) is 5.92. The molecule has 0 saturated carbocycles. The molecule has 0 spiro atoms. The maximum absolute atomic E-state index is 9.74. The molecule has 0 aliphatic rings. The van der Waals surface area contributed by atoms with Gasteiger partial charge < -0.3 is 9.47 Å². The van der Waals surface area contributed by atoms with Gasteiger partial charge in [0.2, 0.25) is 0 Å². The first-order valence-electron chi connectivity index (χ1n) is 2.81. The van der Waals surface area contributed by atoms with Crippen molar-refractivity contribution in [1.82, 2.24) is 0 Å². The minimum Gasteiger partial charge on any atom is -0.438 e. The van der Waals surface area contributed by atoms with Crippen LogP contribution in [-0.4, -0.2) is 27.9 Å². The van der Waals surface area contributed by atoms with Gasteiger partial charge in [0, 0.05) is 6.92 Å². The predicted molar refractivity (Wildman–Crippen MR) is 39.8 cm³/mol. The van der Waals surface area contributed by atoms with E-state index in [1.54, 1.807) is 6.07 Å². The number of methoxy groups -OCH3 is 2. The Bertz CT molecular complexity index is 142. The van der Waals surface area contributed by atoms with Gasteiger partial charge in [0.05, 0.1) is 20.3 Å². The molecule has 76 valence electrons. The second kappa shape index (κ2) is 16.9. The number of nitriles is 1. The second-order valence-corrected chi connectivity index (χ2v) is 1.13. The summed E-state index contributed by atoms with van der Waals surface area (Å²) in [6.07, 6.45) is -0.657. The molecule has 8 heteroatoms. The molecule has 0 atom stereocenters. The first-order chi connectivity index (χ1) is 5.95. The zero-order valence-corrected chi connectivity index (χ0v) is 7.38. The van der Waals surface area contributed by atoms with Gasteiger partial charge in [-0.1, -0.05) is 0 Å². The summed E-state index contributed by atoms with van der Waals surface area (Å²) in [5, 5.41) is 7.32. The molecule has 0 aromatic rings. The van der Waals surface area contributed by atoms with Gasteiger partial charge in [-0.2, -0.15) is 5.26 Å². The van der Waals surface area contributed by atoms with Crippen molar-refractivity contribution in [3.63, 3.8) is 0 Å². The molecule has 0 rings (SSSR count). The third kappa shape index (κ3) is 115. The van der Waals surface area contributed by atoms with Crippen LogP contribution in [0.3, 0.4) is 0 Å². The van der Waals surface area contributed by atoms with Crippen LogP contribution in [0.15, 0.2) is 0 Å². The molecule has 0 unspecified atom stereocenters. The van der Waals surface area contributed by atoms with Crippen LogP contribution in [0.25, 0.3) is 0 Å². The molecule has 0 amide bonds. The Balaban J connectivity index is -0.000000125. The van der Waals surface area contributed by atoms with E-state index in [1.807, 2.05) is 0 Å². The lowest BCUT2D eigenvalue weighted by molar-refractivity contribution is 0.0924. The maximum atomic E-state index is 9.74. The van der Waals surface area contributed by atoms with Crippen LogP contribution in [0, 0.1) is 11.3 Å². The topological polar surface area (TPSA) is 59.3 Å². The largest absolute Gasteiger partial charge is 0.762 e. The molecule has 0 saturated heterocycles. The Morgan fingerprint density at radius 3 is 1.46 bits per heavy atom. The van der Waals surface area contributed by atoms with E-state index in [9.17, 15) is 17.7 Å². The van der Waals surface area contributed by atoms with E-state index in [2.05, 4.69) is 9.47 Å². The third-order valence-corrected chi connectivity index (χ3v) is 0.333. The minimum absolute atomic E-state index is 0.657. The average molecular weight is 199 g/mol. The second-order valence-electron chi connectivity index (χ2n) is 1.13. The summed E-state index contributed by atoms with van der Waals surface area (Å²) in [6, 6.07) is 1.75. The first-order valence-corrected chi connectivity index (χ1v) is 2.81. The zero-order valence-electron chi connectivity index (χ0n) is 7.38. The van der Waals surface area contributed by atoms with Crippen molar-refractivity contribution in [3.8, 4) is 6.07 Å². The molecule has 0 aromatic heterocycles. The highest BCUT2D eigenvalue weighted by molar-refractivity contribution is 6.33. The van der Waals surface area contributed by atoms with Crippen molar-refractivity contribution in [2.45, 2.75) is 6.92 Å². The summed E-state index contributed by atoms with van der Waals surface area (Å²) >= 11 is 0.